The molecule has 0 aliphatic heterocycles. The summed E-state index contributed by atoms with van der Waals surface area (Å²) in [6, 6.07) is 14.4. The molecule has 0 saturated carbocycles. The lowest BCUT2D eigenvalue weighted by Gasteiger charge is -2.23. The van der Waals surface area contributed by atoms with Crippen molar-refractivity contribution in [3.63, 3.8) is 0 Å². The molecule has 0 fully saturated rings. The van der Waals surface area contributed by atoms with E-state index in [9.17, 15) is 4.39 Å². The highest BCUT2D eigenvalue weighted by atomic mass is 32.1. The van der Waals surface area contributed by atoms with E-state index in [1.807, 2.05) is 37.3 Å². The summed E-state index contributed by atoms with van der Waals surface area (Å²) in [5.74, 6) is -0.224. The van der Waals surface area contributed by atoms with Crippen LogP contribution in [0.15, 0.2) is 48.5 Å². The molecule has 0 amide bonds. The van der Waals surface area contributed by atoms with Gasteiger partial charge in [0.1, 0.15) is 10.8 Å². The van der Waals surface area contributed by atoms with Gasteiger partial charge in [-0.25, -0.2) is 4.39 Å². The van der Waals surface area contributed by atoms with Crippen LogP contribution in [0.1, 0.15) is 18.1 Å². The topological polar surface area (TPSA) is 29.3 Å². The number of benzene rings is 2. The SMILES string of the molecule is CCN(Cc1cccc(C(N)=S)c1)c1cccc(F)c1. The maximum absolute atomic E-state index is 13.3. The van der Waals surface area contributed by atoms with Crippen molar-refractivity contribution >= 4 is 22.9 Å². The average molecular weight is 288 g/mol. The molecule has 2 aromatic rings. The molecule has 0 heterocycles. The summed E-state index contributed by atoms with van der Waals surface area (Å²) in [5, 5.41) is 0. The highest BCUT2D eigenvalue weighted by molar-refractivity contribution is 7.80. The van der Waals surface area contributed by atoms with E-state index in [1.165, 1.54) is 6.07 Å². The van der Waals surface area contributed by atoms with E-state index in [-0.39, 0.29) is 5.82 Å². The second-order valence-corrected chi connectivity index (χ2v) is 5.00. The fraction of sp³-hybridized carbons (Fsp3) is 0.188. The molecule has 2 rings (SSSR count). The van der Waals surface area contributed by atoms with Crippen LogP contribution in [0.3, 0.4) is 0 Å². The van der Waals surface area contributed by atoms with Crippen LogP contribution in [0.5, 0.6) is 0 Å². The summed E-state index contributed by atoms with van der Waals surface area (Å²) in [6.07, 6.45) is 0. The standard InChI is InChI=1S/C16H17FN2S/c1-2-19(15-8-4-7-14(17)10-15)11-12-5-3-6-13(9-12)16(18)20/h3-10H,2,11H2,1H3,(H2,18,20). The van der Waals surface area contributed by atoms with E-state index < -0.39 is 0 Å². The van der Waals surface area contributed by atoms with Crippen LogP contribution in [-0.2, 0) is 6.54 Å². The van der Waals surface area contributed by atoms with Gasteiger partial charge in [0.15, 0.2) is 0 Å². The predicted octanol–water partition coefficient (Wildman–Crippen LogP) is 3.49. The third-order valence-corrected chi connectivity index (χ3v) is 3.38. The molecular weight excluding hydrogens is 271 g/mol. The van der Waals surface area contributed by atoms with Gasteiger partial charge in [-0.05, 0) is 36.8 Å². The van der Waals surface area contributed by atoms with Crippen LogP contribution >= 0.6 is 12.2 Å². The monoisotopic (exact) mass is 288 g/mol. The fourth-order valence-electron chi connectivity index (χ4n) is 2.10. The molecule has 2 nitrogen and oxygen atoms in total. The second kappa shape index (κ2) is 6.48. The number of thiocarbonyl (C=S) groups is 1. The quantitative estimate of drug-likeness (QED) is 0.854. The molecular formula is C16H17FN2S. The second-order valence-electron chi connectivity index (χ2n) is 4.56. The summed E-state index contributed by atoms with van der Waals surface area (Å²) in [4.78, 5) is 2.49. The van der Waals surface area contributed by atoms with Crippen LogP contribution in [0, 0.1) is 5.82 Å². The maximum Gasteiger partial charge on any atom is 0.125 e. The Labute approximate surface area is 124 Å². The number of hydrogen-bond donors (Lipinski definition) is 1. The summed E-state index contributed by atoms with van der Waals surface area (Å²) in [7, 11) is 0. The summed E-state index contributed by atoms with van der Waals surface area (Å²) in [5.41, 5.74) is 8.47. The van der Waals surface area contributed by atoms with Crippen molar-refractivity contribution in [1.82, 2.24) is 0 Å². The fourth-order valence-corrected chi connectivity index (χ4v) is 2.23. The maximum atomic E-state index is 13.3. The van der Waals surface area contributed by atoms with E-state index in [1.54, 1.807) is 12.1 Å². The molecule has 2 N–H and O–H groups in total. The van der Waals surface area contributed by atoms with Crippen LogP contribution in [0.25, 0.3) is 0 Å². The number of hydrogen-bond acceptors (Lipinski definition) is 2. The van der Waals surface area contributed by atoms with Crippen LogP contribution in [0.4, 0.5) is 10.1 Å². The third-order valence-electron chi connectivity index (χ3n) is 3.14. The first-order valence-corrected chi connectivity index (χ1v) is 6.90. The average Bonchev–Trinajstić information content (AvgIpc) is 2.45. The Kier molecular flexibility index (Phi) is 4.69. The van der Waals surface area contributed by atoms with E-state index >= 15 is 0 Å². The van der Waals surface area contributed by atoms with Gasteiger partial charge in [0.2, 0.25) is 0 Å². The van der Waals surface area contributed by atoms with Gasteiger partial charge in [0.25, 0.3) is 0 Å². The molecule has 0 radical (unpaired) electrons. The number of nitrogens with zero attached hydrogens (tertiary/aromatic N) is 1. The lowest BCUT2D eigenvalue weighted by Crippen LogP contribution is -2.22. The number of anilines is 1. The van der Waals surface area contributed by atoms with Gasteiger partial charge in [0, 0.05) is 24.3 Å². The van der Waals surface area contributed by atoms with Gasteiger partial charge >= 0.3 is 0 Å². The number of nitrogens with two attached hydrogens (primary N) is 1. The highest BCUT2D eigenvalue weighted by Crippen LogP contribution is 2.18. The summed E-state index contributed by atoms with van der Waals surface area (Å²) in [6.45, 7) is 3.53. The van der Waals surface area contributed by atoms with Gasteiger partial charge in [-0.2, -0.15) is 0 Å². The third kappa shape index (κ3) is 3.54. The van der Waals surface area contributed by atoms with Crippen molar-refractivity contribution in [2.24, 2.45) is 5.73 Å². The van der Waals surface area contributed by atoms with Crippen molar-refractivity contribution in [3.8, 4) is 0 Å². The molecule has 0 aliphatic rings. The van der Waals surface area contributed by atoms with Gasteiger partial charge in [-0.1, -0.05) is 36.5 Å². The first kappa shape index (κ1) is 14.5. The lowest BCUT2D eigenvalue weighted by molar-refractivity contribution is 0.626. The molecule has 104 valence electrons. The largest absolute Gasteiger partial charge is 0.389 e. The number of halogens is 1. The minimum atomic E-state index is -0.224. The van der Waals surface area contributed by atoms with Crippen LogP contribution < -0.4 is 10.6 Å². The smallest absolute Gasteiger partial charge is 0.125 e. The molecule has 0 unspecified atom stereocenters. The summed E-state index contributed by atoms with van der Waals surface area (Å²) < 4.78 is 13.3. The first-order chi connectivity index (χ1) is 9.60. The molecule has 0 aromatic heterocycles. The van der Waals surface area contributed by atoms with E-state index in [0.29, 0.717) is 11.5 Å². The zero-order chi connectivity index (χ0) is 14.5. The zero-order valence-electron chi connectivity index (χ0n) is 11.3. The van der Waals surface area contributed by atoms with Crippen molar-refractivity contribution in [2.45, 2.75) is 13.5 Å². The Balaban J connectivity index is 2.22. The van der Waals surface area contributed by atoms with E-state index in [2.05, 4.69) is 4.90 Å². The van der Waals surface area contributed by atoms with Gasteiger partial charge in [-0.15, -0.1) is 0 Å². The lowest BCUT2D eigenvalue weighted by atomic mass is 10.1. The Morgan fingerprint density at radius 1 is 1.20 bits per heavy atom. The molecule has 4 heteroatoms. The normalized spacial score (nSPS) is 10.3. The Morgan fingerprint density at radius 3 is 2.60 bits per heavy atom. The Morgan fingerprint density at radius 2 is 1.95 bits per heavy atom. The minimum Gasteiger partial charge on any atom is -0.389 e. The van der Waals surface area contributed by atoms with Gasteiger partial charge < -0.3 is 10.6 Å². The molecule has 0 bridgehead atoms. The van der Waals surface area contributed by atoms with Crippen molar-refractivity contribution in [1.29, 1.82) is 0 Å². The summed E-state index contributed by atoms with van der Waals surface area (Å²) >= 11 is 4.99. The molecule has 20 heavy (non-hydrogen) atoms. The van der Waals surface area contributed by atoms with Gasteiger partial charge in [0.05, 0.1) is 0 Å². The Bertz CT molecular complexity index is 613. The number of rotatable bonds is 5. The predicted molar refractivity (Wildman–Crippen MR) is 85.5 cm³/mol. The highest BCUT2D eigenvalue weighted by Gasteiger charge is 2.07. The minimum absolute atomic E-state index is 0.224. The zero-order valence-corrected chi connectivity index (χ0v) is 12.2. The van der Waals surface area contributed by atoms with Crippen LogP contribution in [0.2, 0.25) is 0 Å². The van der Waals surface area contributed by atoms with Crippen molar-refractivity contribution in [2.75, 3.05) is 11.4 Å². The molecule has 0 aliphatic carbocycles. The first-order valence-electron chi connectivity index (χ1n) is 6.49. The Hall–Kier alpha value is -1.94. The van der Waals surface area contributed by atoms with E-state index in [0.717, 1.165) is 23.4 Å². The van der Waals surface area contributed by atoms with Gasteiger partial charge in [-0.3, -0.25) is 0 Å². The molecule has 2 aromatic carbocycles. The molecule has 0 spiro atoms. The van der Waals surface area contributed by atoms with E-state index in [4.69, 9.17) is 18.0 Å². The van der Waals surface area contributed by atoms with Crippen molar-refractivity contribution in [3.05, 3.63) is 65.5 Å². The van der Waals surface area contributed by atoms with Crippen LogP contribution in [-0.4, -0.2) is 11.5 Å². The molecule has 0 atom stereocenters. The van der Waals surface area contributed by atoms with Crippen molar-refractivity contribution < 1.29 is 4.39 Å². The molecule has 0 saturated heterocycles.